The molecule has 0 unspecified atom stereocenters. The van der Waals surface area contributed by atoms with Gasteiger partial charge >= 0.3 is 0 Å². The predicted molar refractivity (Wildman–Crippen MR) is 398 cm³/mol. The maximum atomic E-state index is 6.09. The summed E-state index contributed by atoms with van der Waals surface area (Å²) in [6.45, 7) is 0. The van der Waals surface area contributed by atoms with Gasteiger partial charge in [0.25, 0.3) is 0 Å². The quantitative estimate of drug-likeness (QED) is 0.142. The molecule has 0 aliphatic rings. The van der Waals surface area contributed by atoms with E-state index in [9.17, 15) is 0 Å². The topological polar surface area (TPSA) is 26.3 Å². The van der Waals surface area contributed by atoms with E-state index in [1.807, 2.05) is 24.3 Å². The summed E-state index contributed by atoms with van der Waals surface area (Å²) in [6.07, 6.45) is 0. The lowest BCUT2D eigenvalue weighted by Crippen LogP contribution is -1.92. The molecule has 0 saturated heterocycles. The fourth-order valence-electron chi connectivity index (χ4n) is 14.8. The highest BCUT2D eigenvalue weighted by molar-refractivity contribution is 6.24. The molecule has 2 nitrogen and oxygen atoms in total. The van der Waals surface area contributed by atoms with Crippen LogP contribution in [0.3, 0.4) is 0 Å². The standard InChI is InChI=1S/C48H30O.C44H28O/c1-2-15-37-32(11-1)12-10-21-38(37)35-13-9-14-36(29-35)48-42-19-5-3-17-40(42)47(41-18-4-6-20-43(41)48)33-25-23-31(24-26-33)34-27-28-46-44(30-34)39-16-7-8-22-45(39)49-46;1-2-12-30(13-3-1)33-14-4-5-16-35(33)44-38-19-8-6-17-36(38)43(37-18-7-9-20-39(37)44)31-24-22-29(23-25-31)32-26-27-42-40(28-32)34-15-10-11-21-41(34)45-42/h1-30H;1-28H. The highest BCUT2D eigenvalue weighted by atomic mass is 16.3. The van der Waals surface area contributed by atoms with Gasteiger partial charge in [0.1, 0.15) is 22.3 Å². The van der Waals surface area contributed by atoms with Crippen LogP contribution in [0.15, 0.2) is 361 Å². The van der Waals surface area contributed by atoms with Crippen molar-refractivity contribution in [2.45, 2.75) is 0 Å². The van der Waals surface area contributed by atoms with Crippen molar-refractivity contribution in [3.63, 3.8) is 0 Å². The van der Waals surface area contributed by atoms with Crippen molar-refractivity contribution in [3.8, 4) is 89.0 Å². The summed E-state index contributed by atoms with van der Waals surface area (Å²) in [5.41, 5.74) is 23.4. The van der Waals surface area contributed by atoms with Crippen LogP contribution in [0.1, 0.15) is 0 Å². The van der Waals surface area contributed by atoms with Gasteiger partial charge in [0.05, 0.1) is 0 Å². The van der Waals surface area contributed by atoms with E-state index in [1.54, 1.807) is 0 Å². The van der Waals surface area contributed by atoms with Gasteiger partial charge in [0.2, 0.25) is 0 Å². The Labute approximate surface area is 544 Å². The number of furan rings is 2. The molecular formula is C92H58O2. The molecule has 19 rings (SSSR count). The molecule has 0 N–H and O–H groups in total. The van der Waals surface area contributed by atoms with Crippen LogP contribution in [-0.2, 0) is 0 Å². The molecule has 17 aromatic carbocycles. The molecule has 2 aromatic heterocycles. The van der Waals surface area contributed by atoms with Crippen LogP contribution in [-0.4, -0.2) is 0 Å². The molecule has 0 radical (unpaired) electrons. The lowest BCUT2D eigenvalue weighted by atomic mass is 9.83. The lowest BCUT2D eigenvalue weighted by Gasteiger charge is -2.19. The van der Waals surface area contributed by atoms with Gasteiger partial charge in [-0.05, 0) is 185 Å². The Hall–Kier alpha value is -12.4. The highest BCUT2D eigenvalue weighted by Gasteiger charge is 2.21. The molecule has 0 atom stereocenters. The molecule has 0 aliphatic carbocycles. The Bertz CT molecular complexity index is 6030. The molecule has 2 heteroatoms. The smallest absolute Gasteiger partial charge is 0.135 e. The van der Waals surface area contributed by atoms with Crippen LogP contribution in [0.4, 0.5) is 0 Å². The largest absolute Gasteiger partial charge is 0.456 e. The minimum atomic E-state index is 0.919. The summed E-state index contributed by atoms with van der Waals surface area (Å²) >= 11 is 0. The van der Waals surface area contributed by atoms with Crippen molar-refractivity contribution in [2.24, 2.45) is 0 Å². The molecule has 0 spiro atoms. The van der Waals surface area contributed by atoms with E-state index in [4.69, 9.17) is 8.83 Å². The second-order valence-electron chi connectivity index (χ2n) is 24.5. The zero-order chi connectivity index (χ0) is 62.1. The maximum Gasteiger partial charge on any atom is 0.135 e. The van der Waals surface area contributed by atoms with Gasteiger partial charge in [0.15, 0.2) is 0 Å². The van der Waals surface area contributed by atoms with Crippen LogP contribution in [0, 0.1) is 0 Å². The van der Waals surface area contributed by atoms with Crippen LogP contribution < -0.4 is 0 Å². The van der Waals surface area contributed by atoms with E-state index in [1.165, 1.54) is 143 Å². The molecule has 19 aromatic rings. The SMILES string of the molecule is c1cc(-c2cccc3ccccc23)cc(-c2c3ccccc3c(-c3ccc(-c4ccc5oc6ccccc6c5c4)cc3)c3ccccc23)c1.c1ccc(-c2ccccc2-c2c3ccccc3c(-c3ccc(-c4ccc5oc6ccccc6c5c4)cc3)c3ccccc23)cc1. The van der Waals surface area contributed by atoms with Crippen LogP contribution in [0.2, 0.25) is 0 Å². The summed E-state index contributed by atoms with van der Waals surface area (Å²) in [6, 6.07) is 127. The van der Waals surface area contributed by atoms with Crippen molar-refractivity contribution < 1.29 is 8.83 Å². The fourth-order valence-corrected chi connectivity index (χ4v) is 14.8. The van der Waals surface area contributed by atoms with Gasteiger partial charge in [-0.2, -0.15) is 0 Å². The van der Waals surface area contributed by atoms with Crippen LogP contribution >= 0.6 is 0 Å². The third kappa shape index (κ3) is 9.34. The van der Waals surface area contributed by atoms with E-state index < -0.39 is 0 Å². The molecule has 0 bridgehead atoms. The first-order valence-electron chi connectivity index (χ1n) is 32.3. The van der Waals surface area contributed by atoms with Gasteiger partial charge in [-0.3, -0.25) is 0 Å². The number of benzene rings is 17. The van der Waals surface area contributed by atoms with Crippen LogP contribution in [0.25, 0.3) is 187 Å². The fraction of sp³-hybridized carbons (Fsp3) is 0. The molecule has 0 fully saturated rings. The van der Waals surface area contributed by atoms with E-state index in [-0.39, 0.29) is 0 Å². The average molecular weight is 1200 g/mol. The maximum absolute atomic E-state index is 6.09. The van der Waals surface area contributed by atoms with Crippen molar-refractivity contribution in [3.05, 3.63) is 352 Å². The molecule has 0 aliphatic heterocycles. The highest BCUT2D eigenvalue weighted by Crippen LogP contribution is 2.48. The van der Waals surface area contributed by atoms with Crippen molar-refractivity contribution in [1.82, 2.24) is 0 Å². The third-order valence-electron chi connectivity index (χ3n) is 19.2. The van der Waals surface area contributed by atoms with Crippen molar-refractivity contribution >= 4 is 97.7 Å². The number of hydrogen-bond acceptors (Lipinski definition) is 2. The Balaban J connectivity index is 0.000000138. The Morgan fingerprint density at radius 3 is 0.957 bits per heavy atom. The molecule has 0 amide bonds. The van der Waals surface area contributed by atoms with E-state index in [0.29, 0.717) is 0 Å². The predicted octanol–water partition coefficient (Wildman–Crippen LogP) is 26.3. The Kier molecular flexibility index (Phi) is 13.3. The summed E-state index contributed by atoms with van der Waals surface area (Å²) < 4.78 is 12.2. The van der Waals surface area contributed by atoms with Gasteiger partial charge in [0, 0.05) is 21.5 Å². The monoisotopic (exact) mass is 1190 g/mol. The Morgan fingerprint density at radius 2 is 0.457 bits per heavy atom. The van der Waals surface area contributed by atoms with Gasteiger partial charge in [-0.25, -0.2) is 0 Å². The van der Waals surface area contributed by atoms with E-state index >= 15 is 0 Å². The summed E-state index contributed by atoms with van der Waals surface area (Å²) in [5, 5.41) is 17.2. The second kappa shape index (κ2) is 22.8. The number of fused-ring (bicyclic) bond motifs is 11. The second-order valence-corrected chi connectivity index (χ2v) is 24.5. The minimum absolute atomic E-state index is 0.919. The van der Waals surface area contributed by atoms with Gasteiger partial charge in [-0.1, -0.05) is 309 Å². The summed E-state index contributed by atoms with van der Waals surface area (Å²) in [4.78, 5) is 0. The zero-order valence-electron chi connectivity index (χ0n) is 51.3. The number of rotatable bonds is 8. The first-order valence-corrected chi connectivity index (χ1v) is 32.3. The summed E-state index contributed by atoms with van der Waals surface area (Å²) in [7, 11) is 0. The van der Waals surface area contributed by atoms with Crippen molar-refractivity contribution in [2.75, 3.05) is 0 Å². The van der Waals surface area contributed by atoms with E-state index in [0.717, 1.165) is 43.9 Å². The Morgan fingerprint density at radius 1 is 0.138 bits per heavy atom. The lowest BCUT2D eigenvalue weighted by molar-refractivity contribution is 0.668. The molecule has 94 heavy (non-hydrogen) atoms. The first kappa shape index (κ1) is 54.6. The number of hydrogen-bond donors (Lipinski definition) is 0. The molecule has 438 valence electrons. The van der Waals surface area contributed by atoms with Crippen LogP contribution in [0.5, 0.6) is 0 Å². The van der Waals surface area contributed by atoms with Gasteiger partial charge < -0.3 is 8.83 Å². The normalized spacial score (nSPS) is 11.6. The zero-order valence-corrected chi connectivity index (χ0v) is 51.3. The first-order chi connectivity index (χ1) is 46.6. The molecule has 0 saturated carbocycles. The molecule has 2 heterocycles. The van der Waals surface area contributed by atoms with E-state index in [2.05, 4.69) is 328 Å². The number of para-hydroxylation sites is 2. The molecular weight excluding hydrogens is 1140 g/mol. The third-order valence-corrected chi connectivity index (χ3v) is 19.2. The summed E-state index contributed by atoms with van der Waals surface area (Å²) in [5.74, 6) is 0. The minimum Gasteiger partial charge on any atom is -0.456 e. The van der Waals surface area contributed by atoms with Crippen molar-refractivity contribution in [1.29, 1.82) is 0 Å². The van der Waals surface area contributed by atoms with Gasteiger partial charge in [-0.15, -0.1) is 0 Å². The average Bonchev–Trinajstić information content (AvgIpc) is 1.03.